The van der Waals surface area contributed by atoms with Gasteiger partial charge in [0.2, 0.25) is 9.84 Å². The average molecular weight is 254 g/mol. The van der Waals surface area contributed by atoms with Gasteiger partial charge in [-0.1, -0.05) is 0 Å². The molecule has 0 saturated carbocycles. The highest BCUT2D eigenvalue weighted by Crippen LogP contribution is 2.37. The predicted molar refractivity (Wildman–Crippen MR) is 60.4 cm³/mol. The quantitative estimate of drug-likeness (QED) is 0.879. The van der Waals surface area contributed by atoms with Crippen LogP contribution < -0.4 is 4.74 Å². The normalized spacial score (nSPS) is 16.2. The first kappa shape index (κ1) is 11.7. The lowest BCUT2D eigenvalue weighted by atomic mass is 10.0. The van der Waals surface area contributed by atoms with E-state index in [0.717, 1.165) is 5.41 Å². The van der Waals surface area contributed by atoms with Crippen LogP contribution in [-0.4, -0.2) is 26.6 Å². The Kier molecular flexibility index (Phi) is 2.66. The first-order valence-corrected chi connectivity index (χ1v) is 6.34. The lowest BCUT2D eigenvalue weighted by Crippen LogP contribution is -1.96. The maximum absolute atomic E-state index is 11.8. The number of carbonyl (C=O) groups is 1. The summed E-state index contributed by atoms with van der Waals surface area (Å²) in [5.74, 6) is -0.632. The molecule has 6 heteroatoms. The minimum atomic E-state index is -3.54. The van der Waals surface area contributed by atoms with Gasteiger partial charge in [-0.15, -0.1) is 0 Å². The molecule has 1 heterocycles. The molecule has 17 heavy (non-hydrogen) atoms. The van der Waals surface area contributed by atoms with Crippen molar-refractivity contribution >= 4 is 21.4 Å². The molecule has 1 aliphatic heterocycles. The summed E-state index contributed by atoms with van der Waals surface area (Å²) in [4.78, 5) is 10.7. The Hall–Kier alpha value is -1.82. The number of hydrogen-bond donors (Lipinski definition) is 1. The van der Waals surface area contributed by atoms with Crippen molar-refractivity contribution in [2.75, 3.05) is 7.11 Å². The van der Waals surface area contributed by atoms with Gasteiger partial charge in [0.25, 0.3) is 0 Å². The van der Waals surface area contributed by atoms with Gasteiger partial charge in [0, 0.05) is 5.41 Å². The van der Waals surface area contributed by atoms with Crippen molar-refractivity contribution in [1.29, 1.82) is 0 Å². The first-order chi connectivity index (χ1) is 7.94. The van der Waals surface area contributed by atoms with Gasteiger partial charge >= 0.3 is 5.97 Å². The van der Waals surface area contributed by atoms with E-state index in [2.05, 4.69) is 0 Å². The second kappa shape index (κ2) is 3.89. The maximum Gasteiger partial charge on any atom is 0.307 e. The van der Waals surface area contributed by atoms with E-state index in [1.54, 1.807) is 12.1 Å². The molecule has 0 atom stereocenters. The van der Waals surface area contributed by atoms with Crippen molar-refractivity contribution in [3.05, 3.63) is 29.2 Å². The van der Waals surface area contributed by atoms with E-state index in [-0.39, 0.29) is 11.3 Å². The molecule has 0 saturated heterocycles. The lowest BCUT2D eigenvalue weighted by Gasteiger charge is -2.04. The summed E-state index contributed by atoms with van der Waals surface area (Å²) >= 11 is 0. The van der Waals surface area contributed by atoms with Crippen molar-refractivity contribution in [3.63, 3.8) is 0 Å². The lowest BCUT2D eigenvalue weighted by molar-refractivity contribution is -0.135. The van der Waals surface area contributed by atoms with Crippen LogP contribution in [0.5, 0.6) is 5.75 Å². The Morgan fingerprint density at radius 1 is 1.41 bits per heavy atom. The highest BCUT2D eigenvalue weighted by atomic mass is 32.2. The Labute approximate surface area is 98.3 Å². The van der Waals surface area contributed by atoms with Crippen LogP contribution in [0, 0.1) is 0 Å². The van der Waals surface area contributed by atoms with Crippen LogP contribution in [0.15, 0.2) is 28.5 Å². The number of hydrogen-bond acceptors (Lipinski definition) is 4. The van der Waals surface area contributed by atoms with Crippen molar-refractivity contribution in [2.45, 2.75) is 11.3 Å². The van der Waals surface area contributed by atoms with Crippen LogP contribution in [0.4, 0.5) is 0 Å². The fourth-order valence-electron chi connectivity index (χ4n) is 1.74. The summed E-state index contributed by atoms with van der Waals surface area (Å²) in [5.41, 5.74) is 0.739. The molecule has 1 N–H and O–H groups in total. The number of carboxylic acid groups (broad SMARTS) is 1. The summed E-state index contributed by atoms with van der Waals surface area (Å²) in [5, 5.41) is 9.72. The van der Waals surface area contributed by atoms with Gasteiger partial charge in [-0.3, -0.25) is 4.79 Å². The number of rotatable bonds is 3. The molecule has 90 valence electrons. The molecule has 0 bridgehead atoms. The number of fused-ring (bicyclic) bond motifs is 1. The fourth-order valence-corrected chi connectivity index (χ4v) is 3.24. The van der Waals surface area contributed by atoms with Crippen molar-refractivity contribution < 1.29 is 23.1 Å². The number of aliphatic carboxylic acids is 1. The van der Waals surface area contributed by atoms with Gasteiger partial charge in [0.1, 0.15) is 5.75 Å². The molecule has 0 aliphatic carbocycles. The van der Waals surface area contributed by atoms with Crippen LogP contribution in [-0.2, 0) is 14.6 Å². The van der Waals surface area contributed by atoms with E-state index >= 15 is 0 Å². The second-order valence-electron chi connectivity index (χ2n) is 3.62. The van der Waals surface area contributed by atoms with E-state index in [1.165, 1.54) is 13.2 Å². The molecule has 0 unspecified atom stereocenters. The van der Waals surface area contributed by atoms with Crippen LogP contribution >= 0.6 is 0 Å². The van der Waals surface area contributed by atoms with E-state index in [4.69, 9.17) is 9.84 Å². The zero-order chi connectivity index (χ0) is 12.6. The number of methoxy groups -OCH3 is 1. The fraction of sp³-hybridized carbons (Fsp3) is 0.182. The van der Waals surface area contributed by atoms with Crippen molar-refractivity contribution in [2.24, 2.45) is 0 Å². The monoisotopic (exact) mass is 254 g/mol. The van der Waals surface area contributed by atoms with Gasteiger partial charge in [-0.05, 0) is 29.3 Å². The molecule has 1 aliphatic rings. The molecule has 0 aromatic heterocycles. The van der Waals surface area contributed by atoms with E-state index in [9.17, 15) is 13.2 Å². The number of benzene rings is 1. The molecule has 0 radical (unpaired) electrons. The SMILES string of the molecule is COc1ccc2c(c1)S(=O)(=O)C=C2CC(=O)O. The van der Waals surface area contributed by atoms with E-state index < -0.39 is 15.8 Å². The smallest absolute Gasteiger partial charge is 0.307 e. The van der Waals surface area contributed by atoms with E-state index in [0.29, 0.717) is 16.9 Å². The minimum Gasteiger partial charge on any atom is -0.497 e. The van der Waals surface area contributed by atoms with Crippen LogP contribution in [0.2, 0.25) is 0 Å². The number of sulfone groups is 1. The van der Waals surface area contributed by atoms with Gasteiger partial charge < -0.3 is 9.84 Å². The third kappa shape index (κ3) is 2.03. The molecule has 1 aromatic carbocycles. The third-order valence-electron chi connectivity index (χ3n) is 2.48. The molecular weight excluding hydrogens is 244 g/mol. The third-order valence-corrected chi connectivity index (χ3v) is 4.03. The van der Waals surface area contributed by atoms with Gasteiger partial charge in [0.05, 0.1) is 18.4 Å². The predicted octanol–water partition coefficient (Wildman–Crippen LogP) is 1.30. The Morgan fingerprint density at radius 3 is 2.71 bits per heavy atom. The van der Waals surface area contributed by atoms with E-state index in [1.807, 2.05) is 0 Å². The van der Waals surface area contributed by atoms with Gasteiger partial charge in [-0.2, -0.15) is 0 Å². The second-order valence-corrected chi connectivity index (χ2v) is 5.39. The Morgan fingerprint density at radius 2 is 2.12 bits per heavy atom. The minimum absolute atomic E-state index is 0.105. The summed E-state index contributed by atoms with van der Waals surface area (Å²) in [6.45, 7) is 0. The summed E-state index contributed by atoms with van der Waals surface area (Å²) in [7, 11) is -2.10. The Balaban J connectivity index is 2.56. The van der Waals surface area contributed by atoms with Crippen molar-refractivity contribution in [1.82, 2.24) is 0 Å². The van der Waals surface area contributed by atoms with Gasteiger partial charge in [0.15, 0.2) is 0 Å². The number of ether oxygens (including phenoxy) is 1. The van der Waals surface area contributed by atoms with Crippen LogP contribution in [0.3, 0.4) is 0 Å². The molecule has 0 amide bonds. The first-order valence-electron chi connectivity index (χ1n) is 4.80. The summed E-state index contributed by atoms with van der Waals surface area (Å²) in [6, 6.07) is 4.57. The topological polar surface area (TPSA) is 80.7 Å². The molecule has 5 nitrogen and oxygen atoms in total. The summed E-state index contributed by atoms with van der Waals surface area (Å²) in [6.07, 6.45) is -0.307. The number of carboxylic acids is 1. The molecule has 0 fully saturated rings. The summed E-state index contributed by atoms with van der Waals surface area (Å²) < 4.78 is 28.5. The van der Waals surface area contributed by atoms with Crippen molar-refractivity contribution in [3.8, 4) is 5.75 Å². The van der Waals surface area contributed by atoms with Crippen LogP contribution in [0.1, 0.15) is 12.0 Å². The average Bonchev–Trinajstić information content (AvgIpc) is 2.49. The molecule has 1 aromatic rings. The zero-order valence-corrected chi connectivity index (χ0v) is 9.82. The molecular formula is C11H10O5S. The van der Waals surface area contributed by atoms with Crippen LogP contribution in [0.25, 0.3) is 5.57 Å². The highest BCUT2D eigenvalue weighted by Gasteiger charge is 2.28. The standard InChI is InChI=1S/C11H10O5S/c1-16-8-2-3-9-7(4-11(12)13)6-17(14,15)10(9)5-8/h2-3,5-6H,4H2,1H3,(H,12,13). The largest absolute Gasteiger partial charge is 0.497 e. The van der Waals surface area contributed by atoms with Gasteiger partial charge in [-0.25, -0.2) is 8.42 Å². The molecule has 2 rings (SSSR count). The zero-order valence-electron chi connectivity index (χ0n) is 9.00. The molecule has 0 spiro atoms. The Bertz CT molecular complexity index is 613. The maximum atomic E-state index is 11.8. The highest BCUT2D eigenvalue weighted by molar-refractivity contribution is 7.95.